The molecular weight excluding hydrogens is 300 g/mol. The molecule has 0 aliphatic heterocycles. The summed E-state index contributed by atoms with van der Waals surface area (Å²) in [5.41, 5.74) is 7.66. The van der Waals surface area contributed by atoms with Gasteiger partial charge in [-0.2, -0.15) is 11.8 Å². The maximum absolute atomic E-state index is 11.8. The second-order valence-electron chi connectivity index (χ2n) is 3.89. The molecule has 1 atom stereocenters. The fourth-order valence-corrected chi connectivity index (χ4v) is 2.52. The van der Waals surface area contributed by atoms with Crippen LogP contribution < -0.4 is 11.1 Å². The third kappa shape index (κ3) is 5.10. The van der Waals surface area contributed by atoms with E-state index in [2.05, 4.69) is 21.2 Å². The number of anilines is 1. The van der Waals surface area contributed by atoms with E-state index in [4.69, 9.17) is 5.73 Å². The number of aryl methyl sites for hydroxylation is 1. The molecule has 0 saturated heterocycles. The van der Waals surface area contributed by atoms with Gasteiger partial charge in [0.1, 0.15) is 0 Å². The summed E-state index contributed by atoms with van der Waals surface area (Å²) in [6.45, 7) is 1.98. The van der Waals surface area contributed by atoms with E-state index in [1.807, 2.05) is 31.4 Å². The molecule has 1 aromatic carbocycles. The summed E-state index contributed by atoms with van der Waals surface area (Å²) in [4.78, 5) is 11.8. The third-order valence-corrected chi connectivity index (χ3v) is 3.38. The second-order valence-corrected chi connectivity index (χ2v) is 5.80. The van der Waals surface area contributed by atoms with Gasteiger partial charge in [-0.25, -0.2) is 0 Å². The van der Waals surface area contributed by atoms with Crippen LogP contribution in [-0.2, 0) is 4.79 Å². The standard InChI is InChI=1S/C12H17BrN2OS/c1-8-5-9(13)7-10(6-8)15-12(16)11(14)3-4-17-2/h5-7,11H,3-4,14H2,1-2H3,(H,15,16)/t11-/m0/s1. The van der Waals surface area contributed by atoms with Crippen molar-refractivity contribution < 1.29 is 4.79 Å². The molecule has 0 spiro atoms. The van der Waals surface area contributed by atoms with Crippen LogP contribution in [0.4, 0.5) is 5.69 Å². The zero-order valence-corrected chi connectivity index (χ0v) is 12.4. The Kier molecular flexibility index (Phi) is 6.02. The molecule has 1 aromatic rings. The molecule has 0 aliphatic rings. The van der Waals surface area contributed by atoms with Crippen molar-refractivity contribution in [2.24, 2.45) is 5.73 Å². The van der Waals surface area contributed by atoms with Crippen molar-refractivity contribution in [1.29, 1.82) is 0 Å². The zero-order valence-electron chi connectivity index (χ0n) is 10.00. The summed E-state index contributed by atoms with van der Waals surface area (Å²) >= 11 is 5.09. The van der Waals surface area contributed by atoms with E-state index in [-0.39, 0.29) is 5.91 Å². The highest BCUT2D eigenvalue weighted by molar-refractivity contribution is 9.10. The molecule has 3 nitrogen and oxygen atoms in total. The summed E-state index contributed by atoms with van der Waals surface area (Å²) in [5.74, 6) is 0.767. The first-order chi connectivity index (χ1) is 8.02. The van der Waals surface area contributed by atoms with Crippen molar-refractivity contribution >= 4 is 39.3 Å². The van der Waals surface area contributed by atoms with Gasteiger partial charge in [-0.1, -0.05) is 15.9 Å². The number of nitrogens with one attached hydrogen (secondary N) is 1. The molecule has 3 N–H and O–H groups in total. The molecule has 5 heteroatoms. The van der Waals surface area contributed by atoms with Crippen LogP contribution in [0.25, 0.3) is 0 Å². The van der Waals surface area contributed by atoms with Crippen molar-refractivity contribution in [3.8, 4) is 0 Å². The number of halogens is 1. The van der Waals surface area contributed by atoms with Gasteiger partial charge >= 0.3 is 0 Å². The Morgan fingerprint density at radius 2 is 2.24 bits per heavy atom. The van der Waals surface area contributed by atoms with Crippen LogP contribution in [0, 0.1) is 6.92 Å². The van der Waals surface area contributed by atoms with Gasteiger partial charge in [-0.3, -0.25) is 4.79 Å². The normalized spacial score (nSPS) is 12.2. The van der Waals surface area contributed by atoms with Gasteiger partial charge in [0.2, 0.25) is 5.91 Å². The largest absolute Gasteiger partial charge is 0.325 e. The molecule has 94 valence electrons. The predicted molar refractivity (Wildman–Crippen MR) is 78.5 cm³/mol. The highest BCUT2D eigenvalue weighted by Gasteiger charge is 2.13. The topological polar surface area (TPSA) is 55.1 Å². The lowest BCUT2D eigenvalue weighted by molar-refractivity contribution is -0.117. The molecule has 17 heavy (non-hydrogen) atoms. The maximum atomic E-state index is 11.8. The molecule has 0 bridgehead atoms. The monoisotopic (exact) mass is 316 g/mol. The van der Waals surface area contributed by atoms with Crippen molar-refractivity contribution in [2.45, 2.75) is 19.4 Å². The number of amides is 1. The Balaban J connectivity index is 2.61. The van der Waals surface area contributed by atoms with E-state index in [0.717, 1.165) is 21.5 Å². The second kappa shape index (κ2) is 7.03. The number of benzene rings is 1. The first-order valence-electron chi connectivity index (χ1n) is 5.35. The van der Waals surface area contributed by atoms with E-state index in [1.165, 1.54) is 0 Å². The van der Waals surface area contributed by atoms with Crippen LogP contribution in [0.15, 0.2) is 22.7 Å². The number of carbonyl (C=O) groups excluding carboxylic acids is 1. The Labute approximate surface area is 115 Å². The maximum Gasteiger partial charge on any atom is 0.241 e. The molecule has 0 aromatic heterocycles. The van der Waals surface area contributed by atoms with Gasteiger partial charge in [0.25, 0.3) is 0 Å². The first-order valence-corrected chi connectivity index (χ1v) is 7.54. The van der Waals surface area contributed by atoms with Crippen LogP contribution in [0.1, 0.15) is 12.0 Å². The third-order valence-electron chi connectivity index (χ3n) is 2.28. The van der Waals surface area contributed by atoms with Crippen molar-refractivity contribution in [3.63, 3.8) is 0 Å². The number of thioether (sulfide) groups is 1. The minimum absolute atomic E-state index is 0.128. The quantitative estimate of drug-likeness (QED) is 0.878. The van der Waals surface area contributed by atoms with Crippen molar-refractivity contribution in [1.82, 2.24) is 0 Å². The number of hydrogen-bond acceptors (Lipinski definition) is 3. The lowest BCUT2D eigenvalue weighted by atomic mass is 10.2. The minimum atomic E-state index is -0.443. The zero-order chi connectivity index (χ0) is 12.8. The predicted octanol–water partition coefficient (Wildman–Crippen LogP) is 2.78. The Hall–Kier alpha value is -0.520. The van der Waals surface area contributed by atoms with Crippen molar-refractivity contribution in [3.05, 3.63) is 28.2 Å². The van der Waals surface area contributed by atoms with Crippen LogP contribution >= 0.6 is 27.7 Å². The molecule has 1 rings (SSSR count). The van der Waals surface area contributed by atoms with Crippen LogP contribution in [0.3, 0.4) is 0 Å². The summed E-state index contributed by atoms with van der Waals surface area (Å²) in [7, 11) is 0. The number of rotatable bonds is 5. The van der Waals surface area contributed by atoms with Gasteiger partial charge in [-0.05, 0) is 49.1 Å². The molecule has 0 heterocycles. The Morgan fingerprint density at radius 1 is 1.53 bits per heavy atom. The average Bonchev–Trinajstić information content (AvgIpc) is 2.24. The van der Waals surface area contributed by atoms with E-state index in [1.54, 1.807) is 11.8 Å². The molecule has 0 unspecified atom stereocenters. The number of hydrogen-bond donors (Lipinski definition) is 2. The van der Waals surface area contributed by atoms with E-state index >= 15 is 0 Å². The fraction of sp³-hybridized carbons (Fsp3) is 0.417. The molecular formula is C12H17BrN2OS. The first kappa shape index (κ1) is 14.5. The fourth-order valence-electron chi connectivity index (χ4n) is 1.42. The molecule has 0 aliphatic carbocycles. The average molecular weight is 317 g/mol. The van der Waals surface area contributed by atoms with Gasteiger partial charge in [0, 0.05) is 10.2 Å². The lowest BCUT2D eigenvalue weighted by Gasteiger charge is -2.12. The molecule has 0 fully saturated rings. The summed E-state index contributed by atoms with van der Waals surface area (Å²) in [6, 6.07) is 5.33. The molecule has 0 saturated carbocycles. The summed E-state index contributed by atoms with van der Waals surface area (Å²) in [5, 5.41) is 2.83. The summed E-state index contributed by atoms with van der Waals surface area (Å²) < 4.78 is 0.950. The van der Waals surface area contributed by atoms with Crippen LogP contribution in [0.2, 0.25) is 0 Å². The van der Waals surface area contributed by atoms with Gasteiger partial charge in [0.05, 0.1) is 6.04 Å². The Morgan fingerprint density at radius 3 is 2.82 bits per heavy atom. The highest BCUT2D eigenvalue weighted by atomic mass is 79.9. The molecule has 0 radical (unpaired) electrons. The summed E-state index contributed by atoms with van der Waals surface area (Å²) in [6.07, 6.45) is 2.70. The van der Waals surface area contributed by atoms with Gasteiger partial charge < -0.3 is 11.1 Å². The highest BCUT2D eigenvalue weighted by Crippen LogP contribution is 2.19. The lowest BCUT2D eigenvalue weighted by Crippen LogP contribution is -2.36. The van der Waals surface area contributed by atoms with Crippen LogP contribution in [0.5, 0.6) is 0 Å². The smallest absolute Gasteiger partial charge is 0.241 e. The SMILES string of the molecule is CSCC[C@H](N)C(=O)Nc1cc(C)cc(Br)c1. The van der Waals surface area contributed by atoms with E-state index < -0.39 is 6.04 Å². The van der Waals surface area contributed by atoms with E-state index in [9.17, 15) is 4.79 Å². The van der Waals surface area contributed by atoms with Crippen molar-refractivity contribution in [2.75, 3.05) is 17.3 Å². The van der Waals surface area contributed by atoms with E-state index in [0.29, 0.717) is 6.42 Å². The molecule has 1 amide bonds. The Bertz CT molecular complexity index is 378. The number of nitrogens with two attached hydrogens (primary N) is 1. The number of carbonyl (C=O) groups is 1. The minimum Gasteiger partial charge on any atom is -0.325 e. The van der Waals surface area contributed by atoms with Gasteiger partial charge in [0.15, 0.2) is 0 Å². The van der Waals surface area contributed by atoms with Crippen LogP contribution in [-0.4, -0.2) is 24.0 Å². The van der Waals surface area contributed by atoms with Gasteiger partial charge in [-0.15, -0.1) is 0 Å².